The van der Waals surface area contributed by atoms with Gasteiger partial charge in [-0.3, -0.25) is 9.48 Å². The van der Waals surface area contributed by atoms with Crippen molar-refractivity contribution in [3.63, 3.8) is 0 Å². The molecule has 106 valence electrons. The highest BCUT2D eigenvalue weighted by Gasteiger charge is 2.18. The van der Waals surface area contributed by atoms with Crippen molar-refractivity contribution >= 4 is 21.7 Å². The van der Waals surface area contributed by atoms with E-state index in [-0.39, 0.29) is 17.8 Å². The van der Waals surface area contributed by atoms with Crippen LogP contribution >= 0.6 is 15.9 Å². The molecule has 2 aromatic rings. The summed E-state index contributed by atoms with van der Waals surface area (Å²) in [5.41, 5.74) is 1.57. The molecule has 20 heavy (non-hydrogen) atoms. The van der Waals surface area contributed by atoms with Crippen LogP contribution in [-0.4, -0.2) is 22.7 Å². The molecule has 0 aliphatic carbocycles. The lowest BCUT2D eigenvalue weighted by Crippen LogP contribution is -2.10. The fraction of sp³-hybridized carbons (Fsp3) is 0.286. The average molecular weight is 341 g/mol. The van der Waals surface area contributed by atoms with Gasteiger partial charge in [0.2, 0.25) is 0 Å². The number of hydrogen-bond acceptors (Lipinski definition) is 3. The van der Waals surface area contributed by atoms with Crippen LogP contribution in [0.1, 0.15) is 21.7 Å². The van der Waals surface area contributed by atoms with E-state index in [1.807, 2.05) is 6.92 Å². The summed E-state index contributed by atoms with van der Waals surface area (Å²) in [5.74, 6) is -0.491. The van der Waals surface area contributed by atoms with Crippen LogP contribution in [0.2, 0.25) is 0 Å². The Morgan fingerprint density at radius 3 is 2.70 bits per heavy atom. The number of halogens is 2. The molecule has 0 aliphatic rings. The molecule has 2 rings (SSSR count). The van der Waals surface area contributed by atoms with Crippen LogP contribution in [0.3, 0.4) is 0 Å². The molecule has 0 saturated carbocycles. The highest BCUT2D eigenvalue weighted by atomic mass is 79.9. The third-order valence-corrected chi connectivity index (χ3v) is 4.10. The maximum absolute atomic E-state index is 13.9. The van der Waals surface area contributed by atoms with Gasteiger partial charge in [-0.25, -0.2) is 4.39 Å². The summed E-state index contributed by atoms with van der Waals surface area (Å²) in [7, 11) is 3.20. The number of aromatic nitrogens is 2. The number of ketones is 1. The Labute approximate surface area is 124 Å². The van der Waals surface area contributed by atoms with Crippen LogP contribution in [0.15, 0.2) is 22.7 Å². The first-order chi connectivity index (χ1) is 9.43. The highest BCUT2D eigenvalue weighted by Crippen LogP contribution is 2.23. The Balaban J connectivity index is 2.28. The van der Waals surface area contributed by atoms with E-state index in [9.17, 15) is 9.18 Å². The molecule has 1 aromatic heterocycles. The van der Waals surface area contributed by atoms with Crippen molar-refractivity contribution < 1.29 is 13.9 Å². The number of methoxy groups -OCH3 is 1. The third kappa shape index (κ3) is 2.75. The zero-order chi connectivity index (χ0) is 14.9. The van der Waals surface area contributed by atoms with Crippen molar-refractivity contribution in [1.82, 2.24) is 9.78 Å². The number of carbonyl (C=O) groups excluding carboxylic acids is 1. The number of rotatable bonds is 4. The maximum atomic E-state index is 13.9. The van der Waals surface area contributed by atoms with Gasteiger partial charge in [0, 0.05) is 13.1 Å². The van der Waals surface area contributed by atoms with Crippen molar-refractivity contribution in [2.24, 2.45) is 7.05 Å². The molecule has 1 heterocycles. The third-order valence-electron chi connectivity index (χ3n) is 3.07. The van der Waals surface area contributed by atoms with Crippen molar-refractivity contribution in [2.45, 2.75) is 13.3 Å². The Morgan fingerprint density at radius 2 is 2.20 bits per heavy atom. The van der Waals surface area contributed by atoms with E-state index >= 15 is 0 Å². The number of nitrogens with zero attached hydrogens (tertiary/aromatic N) is 2. The summed E-state index contributed by atoms with van der Waals surface area (Å²) in [6, 6.07) is 4.21. The molecule has 1 aromatic carbocycles. The summed E-state index contributed by atoms with van der Waals surface area (Å²) >= 11 is 3.39. The van der Waals surface area contributed by atoms with Gasteiger partial charge < -0.3 is 4.74 Å². The minimum atomic E-state index is -0.579. The SMILES string of the molecule is COc1ccc(C(=O)Cc2c(Br)c(C)nn2C)c(F)c1. The lowest BCUT2D eigenvalue weighted by molar-refractivity contribution is 0.0986. The summed E-state index contributed by atoms with van der Waals surface area (Å²) in [5, 5.41) is 4.21. The zero-order valence-electron chi connectivity index (χ0n) is 11.4. The second kappa shape index (κ2) is 5.75. The number of benzene rings is 1. The number of aryl methyl sites for hydroxylation is 2. The second-order valence-electron chi connectivity index (χ2n) is 4.42. The predicted molar refractivity (Wildman–Crippen MR) is 76.6 cm³/mol. The number of carbonyl (C=O) groups is 1. The van der Waals surface area contributed by atoms with Gasteiger partial charge >= 0.3 is 0 Å². The van der Waals surface area contributed by atoms with Crippen molar-refractivity contribution in [2.75, 3.05) is 7.11 Å². The molecule has 6 heteroatoms. The Morgan fingerprint density at radius 1 is 1.50 bits per heavy atom. The molecule has 0 saturated heterocycles. The van der Waals surface area contributed by atoms with Gasteiger partial charge in [0.25, 0.3) is 0 Å². The Bertz CT molecular complexity index is 667. The van der Waals surface area contributed by atoms with E-state index in [1.54, 1.807) is 17.8 Å². The average Bonchev–Trinajstić information content (AvgIpc) is 2.65. The van der Waals surface area contributed by atoms with E-state index in [2.05, 4.69) is 21.0 Å². The minimum absolute atomic E-state index is 0.0524. The van der Waals surface area contributed by atoms with Gasteiger partial charge in [-0.15, -0.1) is 0 Å². The van der Waals surface area contributed by atoms with Gasteiger partial charge in [0.15, 0.2) is 5.78 Å². The Hall–Kier alpha value is -1.69. The quantitative estimate of drug-likeness (QED) is 0.803. The van der Waals surface area contributed by atoms with E-state index in [0.29, 0.717) is 5.75 Å². The first-order valence-corrected chi connectivity index (χ1v) is 6.78. The number of Topliss-reactive ketones (excluding diaryl/α,β-unsaturated/α-hetero) is 1. The highest BCUT2D eigenvalue weighted by molar-refractivity contribution is 9.10. The van der Waals surface area contributed by atoms with E-state index in [1.165, 1.54) is 19.2 Å². The van der Waals surface area contributed by atoms with E-state index in [0.717, 1.165) is 15.9 Å². The Kier molecular flexibility index (Phi) is 4.23. The fourth-order valence-corrected chi connectivity index (χ4v) is 2.44. The van der Waals surface area contributed by atoms with E-state index < -0.39 is 5.82 Å². The molecule has 0 amide bonds. The van der Waals surface area contributed by atoms with E-state index in [4.69, 9.17) is 4.74 Å². The molecule has 0 N–H and O–H groups in total. The molecular weight excluding hydrogens is 327 g/mol. The van der Waals surface area contributed by atoms with Crippen LogP contribution in [0.25, 0.3) is 0 Å². The van der Waals surface area contributed by atoms with Crippen molar-refractivity contribution in [1.29, 1.82) is 0 Å². The summed E-state index contributed by atoms with van der Waals surface area (Å²) in [4.78, 5) is 12.2. The second-order valence-corrected chi connectivity index (χ2v) is 5.21. The van der Waals surface area contributed by atoms with Gasteiger partial charge in [0.05, 0.1) is 35.0 Å². The molecule has 0 atom stereocenters. The van der Waals surface area contributed by atoms with Crippen LogP contribution in [0.5, 0.6) is 5.75 Å². The topological polar surface area (TPSA) is 44.1 Å². The molecule has 0 bridgehead atoms. The van der Waals surface area contributed by atoms with Gasteiger partial charge in [-0.2, -0.15) is 5.10 Å². The zero-order valence-corrected chi connectivity index (χ0v) is 13.0. The van der Waals surface area contributed by atoms with Crippen LogP contribution in [0, 0.1) is 12.7 Å². The fourth-order valence-electron chi connectivity index (χ4n) is 1.97. The lowest BCUT2D eigenvalue weighted by Gasteiger charge is -2.06. The van der Waals surface area contributed by atoms with Gasteiger partial charge in [-0.05, 0) is 35.0 Å². The van der Waals surface area contributed by atoms with Crippen LogP contribution < -0.4 is 4.74 Å². The largest absolute Gasteiger partial charge is 0.497 e. The first-order valence-electron chi connectivity index (χ1n) is 5.98. The summed E-state index contributed by atoms with van der Waals surface area (Å²) in [6.07, 6.45) is 0.0845. The monoisotopic (exact) mass is 340 g/mol. The molecular formula is C14H14BrFN2O2. The van der Waals surface area contributed by atoms with Crippen molar-refractivity contribution in [3.05, 3.63) is 45.4 Å². The van der Waals surface area contributed by atoms with Crippen molar-refractivity contribution in [3.8, 4) is 5.75 Å². The minimum Gasteiger partial charge on any atom is -0.497 e. The maximum Gasteiger partial charge on any atom is 0.171 e. The van der Waals surface area contributed by atoms with Gasteiger partial charge in [-0.1, -0.05) is 0 Å². The molecule has 0 spiro atoms. The molecule has 0 radical (unpaired) electrons. The smallest absolute Gasteiger partial charge is 0.171 e. The molecule has 0 aliphatic heterocycles. The molecule has 0 fully saturated rings. The summed E-state index contributed by atoms with van der Waals surface area (Å²) < 4.78 is 21.2. The van der Waals surface area contributed by atoms with Gasteiger partial charge in [0.1, 0.15) is 11.6 Å². The normalized spacial score (nSPS) is 10.7. The molecule has 0 unspecified atom stereocenters. The standard InChI is InChI=1S/C14H14BrFN2O2/c1-8-14(15)12(18(2)17-8)7-13(19)10-5-4-9(20-3)6-11(10)16/h4-6H,7H2,1-3H3. The predicted octanol–water partition coefficient (Wildman–Crippen LogP) is 3.06. The number of ether oxygens (including phenoxy) is 1. The molecule has 4 nitrogen and oxygen atoms in total. The summed E-state index contributed by atoms with van der Waals surface area (Å²) in [6.45, 7) is 1.84. The van der Waals surface area contributed by atoms with Crippen LogP contribution in [-0.2, 0) is 13.5 Å². The lowest BCUT2D eigenvalue weighted by atomic mass is 10.1. The first kappa shape index (κ1) is 14.7. The number of hydrogen-bond donors (Lipinski definition) is 0. The van der Waals surface area contributed by atoms with Crippen LogP contribution in [0.4, 0.5) is 4.39 Å².